The van der Waals surface area contributed by atoms with Crippen molar-refractivity contribution in [3.63, 3.8) is 0 Å². The van der Waals surface area contributed by atoms with Crippen molar-refractivity contribution in [3.8, 4) is 0 Å². The van der Waals surface area contributed by atoms with Crippen LogP contribution in [0.2, 0.25) is 0 Å². The van der Waals surface area contributed by atoms with Gasteiger partial charge in [0.1, 0.15) is 0 Å². The molecule has 0 aromatic carbocycles. The van der Waals surface area contributed by atoms with E-state index in [0.29, 0.717) is 31.8 Å². The lowest BCUT2D eigenvalue weighted by molar-refractivity contribution is 0.0706. The molecule has 94 valence electrons. The van der Waals surface area contributed by atoms with Gasteiger partial charge in [0.15, 0.2) is 0 Å². The van der Waals surface area contributed by atoms with Crippen LogP contribution in [0.15, 0.2) is 18.3 Å². The molecule has 0 spiro atoms. The second-order valence-electron chi connectivity index (χ2n) is 3.62. The molecule has 1 aromatic heterocycles. The van der Waals surface area contributed by atoms with E-state index in [2.05, 4.69) is 4.98 Å². The largest absolute Gasteiger partial charge is 0.383 e. The molecule has 1 rings (SSSR count). The van der Waals surface area contributed by atoms with E-state index in [4.69, 9.17) is 10.5 Å². The van der Waals surface area contributed by atoms with Gasteiger partial charge in [0.2, 0.25) is 0 Å². The van der Waals surface area contributed by atoms with E-state index in [0.717, 1.165) is 5.69 Å². The Kier molecular flexibility index (Phi) is 5.59. The maximum Gasteiger partial charge on any atom is 0.254 e. The van der Waals surface area contributed by atoms with Gasteiger partial charge in [0.25, 0.3) is 5.91 Å². The quantitative estimate of drug-likeness (QED) is 0.788. The van der Waals surface area contributed by atoms with Crippen LogP contribution in [0.25, 0.3) is 0 Å². The monoisotopic (exact) mass is 237 g/mol. The molecule has 0 radical (unpaired) electrons. The minimum atomic E-state index is -0.0124. The molecule has 1 aromatic rings. The summed E-state index contributed by atoms with van der Waals surface area (Å²) in [7, 11) is 1.62. The molecule has 0 bridgehead atoms. The SMILES string of the molecule is CCN(CCOC)C(=O)c1ccnc(CN)c1. The van der Waals surface area contributed by atoms with Crippen molar-refractivity contribution in [3.05, 3.63) is 29.6 Å². The fraction of sp³-hybridized carbons (Fsp3) is 0.500. The van der Waals surface area contributed by atoms with Gasteiger partial charge in [-0.3, -0.25) is 9.78 Å². The van der Waals surface area contributed by atoms with Crippen molar-refractivity contribution < 1.29 is 9.53 Å². The number of aromatic nitrogens is 1. The molecule has 0 saturated heterocycles. The number of pyridine rings is 1. The number of methoxy groups -OCH3 is 1. The number of carbonyl (C=O) groups is 1. The zero-order valence-corrected chi connectivity index (χ0v) is 10.3. The van der Waals surface area contributed by atoms with Crippen LogP contribution in [0.5, 0.6) is 0 Å². The fourth-order valence-corrected chi connectivity index (χ4v) is 1.51. The Morgan fingerprint density at radius 2 is 2.35 bits per heavy atom. The summed E-state index contributed by atoms with van der Waals surface area (Å²) in [5.74, 6) is -0.0124. The molecule has 2 N–H and O–H groups in total. The molecule has 5 heteroatoms. The Balaban J connectivity index is 2.78. The molecular weight excluding hydrogens is 218 g/mol. The molecule has 1 amide bonds. The Morgan fingerprint density at radius 3 is 2.94 bits per heavy atom. The van der Waals surface area contributed by atoms with E-state index in [1.807, 2.05) is 6.92 Å². The van der Waals surface area contributed by atoms with Gasteiger partial charge >= 0.3 is 0 Å². The maximum atomic E-state index is 12.2. The molecule has 0 atom stereocenters. The topological polar surface area (TPSA) is 68.5 Å². The van der Waals surface area contributed by atoms with Gasteiger partial charge in [-0.2, -0.15) is 0 Å². The number of nitrogens with zero attached hydrogens (tertiary/aromatic N) is 2. The molecule has 1 heterocycles. The molecule has 5 nitrogen and oxygen atoms in total. The lowest BCUT2D eigenvalue weighted by Gasteiger charge is -2.20. The predicted octanol–water partition coefficient (Wildman–Crippen LogP) is 0.649. The van der Waals surface area contributed by atoms with Gasteiger partial charge in [0, 0.05) is 38.5 Å². The van der Waals surface area contributed by atoms with Crippen molar-refractivity contribution in [2.24, 2.45) is 5.73 Å². The minimum Gasteiger partial charge on any atom is -0.383 e. The second kappa shape index (κ2) is 6.98. The summed E-state index contributed by atoms with van der Waals surface area (Å²) in [5.41, 5.74) is 6.84. The molecule has 0 saturated carbocycles. The lowest BCUT2D eigenvalue weighted by atomic mass is 10.2. The maximum absolute atomic E-state index is 12.2. The Labute approximate surface area is 102 Å². The minimum absolute atomic E-state index is 0.0124. The second-order valence-corrected chi connectivity index (χ2v) is 3.62. The first-order valence-corrected chi connectivity index (χ1v) is 5.66. The summed E-state index contributed by atoms with van der Waals surface area (Å²) in [6.45, 7) is 4.06. The zero-order valence-electron chi connectivity index (χ0n) is 10.3. The van der Waals surface area contributed by atoms with Crippen LogP contribution in [-0.4, -0.2) is 42.6 Å². The standard InChI is InChI=1S/C12H19N3O2/c1-3-15(6-7-17-2)12(16)10-4-5-14-11(8-10)9-13/h4-5,8H,3,6-7,9,13H2,1-2H3. The van der Waals surface area contributed by atoms with Gasteiger partial charge in [-0.05, 0) is 19.1 Å². The third-order valence-corrected chi connectivity index (χ3v) is 2.51. The first kappa shape index (κ1) is 13.6. The van der Waals surface area contributed by atoms with Gasteiger partial charge in [-0.1, -0.05) is 0 Å². The van der Waals surface area contributed by atoms with E-state index in [1.165, 1.54) is 0 Å². The molecule has 17 heavy (non-hydrogen) atoms. The number of hydrogen-bond acceptors (Lipinski definition) is 4. The van der Waals surface area contributed by atoms with Gasteiger partial charge < -0.3 is 15.4 Å². The molecule has 0 aliphatic carbocycles. The van der Waals surface area contributed by atoms with Crippen molar-refractivity contribution in [2.45, 2.75) is 13.5 Å². The summed E-state index contributed by atoms with van der Waals surface area (Å²) >= 11 is 0. The smallest absolute Gasteiger partial charge is 0.254 e. The summed E-state index contributed by atoms with van der Waals surface area (Å²) in [6.07, 6.45) is 1.61. The van der Waals surface area contributed by atoms with Gasteiger partial charge in [-0.25, -0.2) is 0 Å². The van der Waals surface area contributed by atoms with Crippen molar-refractivity contribution in [1.82, 2.24) is 9.88 Å². The Morgan fingerprint density at radius 1 is 1.59 bits per heavy atom. The number of hydrogen-bond donors (Lipinski definition) is 1. The van der Waals surface area contributed by atoms with Crippen LogP contribution in [-0.2, 0) is 11.3 Å². The number of amides is 1. The first-order valence-electron chi connectivity index (χ1n) is 5.66. The first-order chi connectivity index (χ1) is 8.22. The summed E-state index contributed by atoms with van der Waals surface area (Å²) in [6, 6.07) is 3.44. The van der Waals surface area contributed by atoms with Crippen molar-refractivity contribution in [1.29, 1.82) is 0 Å². The number of rotatable bonds is 6. The summed E-state index contributed by atoms with van der Waals surface area (Å²) in [5, 5.41) is 0. The van der Waals surface area contributed by atoms with Crippen LogP contribution in [0.3, 0.4) is 0 Å². The normalized spacial score (nSPS) is 10.3. The van der Waals surface area contributed by atoms with E-state index in [-0.39, 0.29) is 5.91 Å². The highest BCUT2D eigenvalue weighted by Crippen LogP contribution is 2.06. The van der Waals surface area contributed by atoms with Crippen LogP contribution in [0.4, 0.5) is 0 Å². The van der Waals surface area contributed by atoms with Gasteiger partial charge in [-0.15, -0.1) is 0 Å². The lowest BCUT2D eigenvalue weighted by Crippen LogP contribution is -2.33. The van der Waals surface area contributed by atoms with Crippen molar-refractivity contribution in [2.75, 3.05) is 26.8 Å². The Bertz CT molecular complexity index is 369. The van der Waals surface area contributed by atoms with E-state index >= 15 is 0 Å². The van der Waals surface area contributed by atoms with Crippen LogP contribution in [0.1, 0.15) is 23.0 Å². The average molecular weight is 237 g/mol. The number of carbonyl (C=O) groups excluding carboxylic acids is 1. The average Bonchev–Trinajstić information content (AvgIpc) is 2.39. The number of nitrogens with two attached hydrogens (primary N) is 1. The van der Waals surface area contributed by atoms with E-state index < -0.39 is 0 Å². The molecule has 0 fully saturated rings. The van der Waals surface area contributed by atoms with E-state index in [1.54, 1.807) is 30.3 Å². The Hall–Kier alpha value is -1.46. The number of likely N-dealkylation sites (N-methyl/N-ethyl adjacent to an activating group) is 1. The molecule has 0 aliphatic heterocycles. The fourth-order valence-electron chi connectivity index (χ4n) is 1.51. The summed E-state index contributed by atoms with van der Waals surface area (Å²) < 4.78 is 4.98. The predicted molar refractivity (Wildman–Crippen MR) is 65.6 cm³/mol. The molecular formula is C12H19N3O2. The molecule has 0 unspecified atom stereocenters. The highest BCUT2D eigenvalue weighted by molar-refractivity contribution is 5.94. The molecule has 0 aliphatic rings. The van der Waals surface area contributed by atoms with Crippen molar-refractivity contribution >= 4 is 5.91 Å². The third kappa shape index (κ3) is 3.80. The highest BCUT2D eigenvalue weighted by Gasteiger charge is 2.14. The third-order valence-electron chi connectivity index (χ3n) is 2.51. The van der Waals surface area contributed by atoms with Crippen LogP contribution < -0.4 is 5.73 Å². The summed E-state index contributed by atoms with van der Waals surface area (Å²) in [4.78, 5) is 18.0. The van der Waals surface area contributed by atoms with Gasteiger partial charge in [0.05, 0.1) is 12.3 Å². The highest BCUT2D eigenvalue weighted by atomic mass is 16.5. The zero-order chi connectivity index (χ0) is 12.7. The van der Waals surface area contributed by atoms with Crippen LogP contribution in [0, 0.1) is 0 Å². The number of ether oxygens (including phenoxy) is 1. The van der Waals surface area contributed by atoms with Crippen LogP contribution >= 0.6 is 0 Å². The van der Waals surface area contributed by atoms with E-state index in [9.17, 15) is 4.79 Å².